The maximum atomic E-state index is 7.34. The van der Waals surface area contributed by atoms with Crippen LogP contribution >= 0.6 is 0 Å². The van der Waals surface area contributed by atoms with Crippen molar-refractivity contribution in [3.05, 3.63) is 59.2 Å². The van der Waals surface area contributed by atoms with Crippen LogP contribution in [0, 0.1) is 10.8 Å². The zero-order chi connectivity index (χ0) is 19.3. The van der Waals surface area contributed by atoms with Crippen LogP contribution in [0.25, 0.3) is 11.1 Å². The molecule has 138 valence electrons. The molecule has 2 aromatic rings. The number of hydrogen-bond donors (Lipinski definition) is 6. The Morgan fingerprint density at radius 1 is 0.808 bits per heavy atom. The number of hydrogen-bond acceptors (Lipinski definition) is 2. The topological polar surface area (TPSA) is 124 Å². The van der Waals surface area contributed by atoms with E-state index in [2.05, 4.69) is 67.8 Å². The fraction of sp³-hybridized carbons (Fsp3) is 0.300. The Morgan fingerprint density at radius 3 is 1.65 bits per heavy atom. The molecule has 2 aromatic carbocycles. The smallest absolute Gasteiger partial charge is 0.185 e. The molecule has 0 aliphatic heterocycles. The minimum Gasteiger partial charge on any atom is -0.370 e. The Labute approximate surface area is 155 Å². The van der Waals surface area contributed by atoms with Crippen LogP contribution in [0.15, 0.2) is 42.5 Å². The van der Waals surface area contributed by atoms with Gasteiger partial charge in [0, 0.05) is 13.1 Å². The molecule has 0 aliphatic carbocycles. The molecule has 0 saturated heterocycles. The normalized spacial score (nSPS) is 11.0. The highest BCUT2D eigenvalue weighted by Crippen LogP contribution is 2.27. The van der Waals surface area contributed by atoms with E-state index in [0.717, 1.165) is 22.3 Å². The van der Waals surface area contributed by atoms with Gasteiger partial charge in [-0.05, 0) is 45.4 Å². The molecule has 0 radical (unpaired) electrons. The zero-order valence-corrected chi connectivity index (χ0v) is 15.6. The van der Waals surface area contributed by atoms with E-state index < -0.39 is 0 Å². The van der Waals surface area contributed by atoms with Crippen LogP contribution in [-0.4, -0.2) is 11.9 Å². The SMILES string of the molecule is CC(C)(C)c1ccc(-c2cc(CNC(=N)N)cc(CNC(=N)N)c2)cc1. The summed E-state index contributed by atoms with van der Waals surface area (Å²) in [7, 11) is 0. The van der Waals surface area contributed by atoms with Crippen molar-refractivity contribution < 1.29 is 0 Å². The predicted octanol–water partition coefficient (Wildman–Crippen LogP) is 2.62. The van der Waals surface area contributed by atoms with Gasteiger partial charge in [-0.15, -0.1) is 0 Å². The average Bonchev–Trinajstić information content (AvgIpc) is 2.57. The lowest BCUT2D eigenvalue weighted by atomic mass is 9.86. The maximum absolute atomic E-state index is 7.34. The molecule has 6 heteroatoms. The van der Waals surface area contributed by atoms with Gasteiger partial charge in [-0.25, -0.2) is 0 Å². The fourth-order valence-electron chi connectivity index (χ4n) is 2.69. The second-order valence-corrected chi connectivity index (χ2v) is 7.40. The number of rotatable bonds is 5. The lowest BCUT2D eigenvalue weighted by molar-refractivity contribution is 0.590. The molecule has 0 unspecified atom stereocenters. The summed E-state index contributed by atoms with van der Waals surface area (Å²) in [6.07, 6.45) is 0. The summed E-state index contributed by atoms with van der Waals surface area (Å²) in [6.45, 7) is 7.53. The molecule has 8 N–H and O–H groups in total. The van der Waals surface area contributed by atoms with E-state index >= 15 is 0 Å². The van der Waals surface area contributed by atoms with Gasteiger partial charge in [0.05, 0.1) is 0 Å². The first-order valence-corrected chi connectivity index (χ1v) is 8.54. The van der Waals surface area contributed by atoms with Crippen molar-refractivity contribution in [2.75, 3.05) is 0 Å². The molecule has 26 heavy (non-hydrogen) atoms. The second-order valence-electron chi connectivity index (χ2n) is 7.40. The van der Waals surface area contributed by atoms with E-state index in [0.29, 0.717) is 13.1 Å². The molecule has 0 aliphatic rings. The molecule has 6 nitrogen and oxygen atoms in total. The number of nitrogens with two attached hydrogens (primary N) is 2. The van der Waals surface area contributed by atoms with Crippen LogP contribution in [0.4, 0.5) is 0 Å². The third-order valence-corrected chi connectivity index (χ3v) is 4.10. The first kappa shape index (κ1) is 19.3. The highest BCUT2D eigenvalue weighted by molar-refractivity contribution is 5.75. The van der Waals surface area contributed by atoms with Gasteiger partial charge in [0.25, 0.3) is 0 Å². The molecule has 0 heterocycles. The van der Waals surface area contributed by atoms with Gasteiger partial charge in [-0.3, -0.25) is 10.8 Å². The molecule has 0 fully saturated rings. The molecule has 0 aromatic heterocycles. The van der Waals surface area contributed by atoms with Crippen LogP contribution in [0.1, 0.15) is 37.5 Å². The van der Waals surface area contributed by atoms with Crippen LogP contribution in [0.2, 0.25) is 0 Å². The van der Waals surface area contributed by atoms with Crippen molar-refractivity contribution in [3.63, 3.8) is 0 Å². The lowest BCUT2D eigenvalue weighted by Gasteiger charge is -2.19. The molecule has 0 bridgehead atoms. The van der Waals surface area contributed by atoms with E-state index in [4.69, 9.17) is 22.3 Å². The van der Waals surface area contributed by atoms with Gasteiger partial charge in [0.15, 0.2) is 11.9 Å². The Balaban J connectivity index is 2.35. The van der Waals surface area contributed by atoms with E-state index in [1.807, 2.05) is 6.07 Å². The van der Waals surface area contributed by atoms with Crippen molar-refractivity contribution >= 4 is 11.9 Å². The summed E-state index contributed by atoms with van der Waals surface area (Å²) >= 11 is 0. The van der Waals surface area contributed by atoms with Crippen molar-refractivity contribution in [3.8, 4) is 11.1 Å². The average molecular weight is 352 g/mol. The maximum Gasteiger partial charge on any atom is 0.185 e. The van der Waals surface area contributed by atoms with Crippen molar-refractivity contribution in [1.82, 2.24) is 10.6 Å². The van der Waals surface area contributed by atoms with Gasteiger partial charge >= 0.3 is 0 Å². The number of nitrogens with one attached hydrogen (secondary N) is 4. The zero-order valence-electron chi connectivity index (χ0n) is 15.6. The van der Waals surface area contributed by atoms with Crippen molar-refractivity contribution in [1.29, 1.82) is 10.8 Å². The summed E-state index contributed by atoms with van der Waals surface area (Å²) in [4.78, 5) is 0. The molecule has 0 spiro atoms. The lowest BCUT2D eigenvalue weighted by Crippen LogP contribution is -2.30. The van der Waals surface area contributed by atoms with Crippen LogP contribution in [0.3, 0.4) is 0 Å². The van der Waals surface area contributed by atoms with Crippen molar-refractivity contribution in [2.24, 2.45) is 11.5 Å². The Morgan fingerprint density at radius 2 is 1.27 bits per heavy atom. The highest BCUT2D eigenvalue weighted by Gasteiger charge is 2.13. The van der Waals surface area contributed by atoms with Gasteiger partial charge in [0.2, 0.25) is 0 Å². The summed E-state index contributed by atoms with van der Waals surface area (Å²) in [5, 5.41) is 20.4. The Kier molecular flexibility index (Phi) is 5.87. The summed E-state index contributed by atoms with van der Waals surface area (Å²) < 4.78 is 0. The van der Waals surface area contributed by atoms with Crippen LogP contribution in [0.5, 0.6) is 0 Å². The monoisotopic (exact) mass is 352 g/mol. The quantitative estimate of drug-likeness (QED) is 0.365. The Bertz CT molecular complexity index is 751. The van der Waals surface area contributed by atoms with Crippen LogP contribution in [-0.2, 0) is 18.5 Å². The first-order valence-electron chi connectivity index (χ1n) is 8.54. The molecule has 0 atom stereocenters. The third-order valence-electron chi connectivity index (χ3n) is 4.10. The van der Waals surface area contributed by atoms with Gasteiger partial charge in [-0.1, -0.05) is 51.1 Å². The molecule has 0 amide bonds. The standard InChI is InChI=1S/C20H28N6/c1-20(2,3)17-6-4-15(5-7-17)16-9-13(11-25-18(21)22)8-14(10-16)12-26-19(23)24/h4-10H,11-12H2,1-3H3,(H4,21,22,25)(H4,23,24,26). The van der Waals surface area contributed by atoms with E-state index in [-0.39, 0.29) is 17.3 Å². The second kappa shape index (κ2) is 7.91. The third kappa shape index (κ3) is 5.51. The van der Waals surface area contributed by atoms with E-state index in [1.165, 1.54) is 5.56 Å². The summed E-state index contributed by atoms with van der Waals surface area (Å²) in [5.74, 6) is -0.123. The van der Waals surface area contributed by atoms with Gasteiger partial charge < -0.3 is 22.1 Å². The van der Waals surface area contributed by atoms with Crippen molar-refractivity contribution in [2.45, 2.75) is 39.3 Å². The number of guanidine groups is 2. The molecule has 2 rings (SSSR count). The van der Waals surface area contributed by atoms with E-state index in [9.17, 15) is 0 Å². The minimum absolute atomic E-state index is 0.0617. The molecular weight excluding hydrogens is 324 g/mol. The number of benzene rings is 2. The van der Waals surface area contributed by atoms with Gasteiger partial charge in [-0.2, -0.15) is 0 Å². The summed E-state index contributed by atoms with van der Waals surface area (Å²) in [6, 6.07) is 14.7. The summed E-state index contributed by atoms with van der Waals surface area (Å²) in [5.41, 5.74) is 16.4. The van der Waals surface area contributed by atoms with Crippen LogP contribution < -0.4 is 22.1 Å². The fourth-order valence-corrected chi connectivity index (χ4v) is 2.69. The first-order chi connectivity index (χ1) is 12.1. The largest absolute Gasteiger partial charge is 0.370 e. The highest BCUT2D eigenvalue weighted by atomic mass is 15.0. The molecular formula is C20H28N6. The molecule has 0 saturated carbocycles. The van der Waals surface area contributed by atoms with E-state index in [1.54, 1.807) is 0 Å². The van der Waals surface area contributed by atoms with Gasteiger partial charge in [0.1, 0.15) is 0 Å². The minimum atomic E-state index is -0.0617. The predicted molar refractivity (Wildman–Crippen MR) is 108 cm³/mol. The Hall–Kier alpha value is -3.02.